The number of benzene rings is 2. The predicted molar refractivity (Wildman–Crippen MR) is 123 cm³/mol. The molecule has 5 nitrogen and oxygen atoms in total. The maximum absolute atomic E-state index is 12.2. The zero-order valence-electron chi connectivity index (χ0n) is 16.9. The van der Waals surface area contributed by atoms with Gasteiger partial charge < -0.3 is 15.0 Å². The quantitative estimate of drug-likeness (QED) is 0.564. The van der Waals surface area contributed by atoms with Crippen molar-refractivity contribution >= 4 is 40.7 Å². The molecule has 1 fully saturated rings. The SMILES string of the molecule is COc1ccc(/C=C/C(=O)NC(=S)Nc2ccccc2N2CCC(C)CC2)cc1. The highest BCUT2D eigenvalue weighted by Crippen LogP contribution is 2.29. The van der Waals surface area contributed by atoms with Gasteiger partial charge >= 0.3 is 0 Å². The Balaban J connectivity index is 1.57. The molecule has 0 bridgehead atoms. The molecule has 3 rings (SSSR count). The van der Waals surface area contributed by atoms with Crippen molar-refractivity contribution in [2.24, 2.45) is 5.92 Å². The number of para-hydroxylation sites is 2. The number of methoxy groups -OCH3 is 1. The van der Waals surface area contributed by atoms with Crippen LogP contribution in [0.1, 0.15) is 25.3 Å². The predicted octanol–water partition coefficient (Wildman–Crippen LogP) is 4.46. The van der Waals surface area contributed by atoms with Crippen molar-refractivity contribution in [2.75, 3.05) is 30.4 Å². The molecule has 0 atom stereocenters. The van der Waals surface area contributed by atoms with E-state index in [9.17, 15) is 4.79 Å². The second-order valence-electron chi connectivity index (χ2n) is 7.24. The molecule has 2 N–H and O–H groups in total. The summed E-state index contributed by atoms with van der Waals surface area (Å²) in [5, 5.41) is 6.16. The molecule has 1 heterocycles. The molecule has 0 aliphatic carbocycles. The first-order chi connectivity index (χ1) is 14.0. The number of rotatable bonds is 5. The third-order valence-corrected chi connectivity index (χ3v) is 5.26. The van der Waals surface area contributed by atoms with Crippen LogP contribution in [-0.4, -0.2) is 31.2 Å². The number of thiocarbonyl (C=S) groups is 1. The van der Waals surface area contributed by atoms with Crippen LogP contribution in [0, 0.1) is 5.92 Å². The fraction of sp³-hybridized carbons (Fsp3) is 0.304. The van der Waals surface area contributed by atoms with Crippen LogP contribution < -0.4 is 20.3 Å². The van der Waals surface area contributed by atoms with Gasteiger partial charge in [-0.25, -0.2) is 0 Å². The van der Waals surface area contributed by atoms with Gasteiger partial charge in [-0.05, 0) is 66.9 Å². The number of carbonyl (C=O) groups excluding carboxylic acids is 1. The second-order valence-corrected chi connectivity index (χ2v) is 7.64. The zero-order chi connectivity index (χ0) is 20.6. The molecule has 0 spiro atoms. The number of nitrogens with one attached hydrogen (secondary N) is 2. The van der Waals surface area contributed by atoms with Gasteiger partial charge in [0.25, 0.3) is 0 Å². The standard InChI is InChI=1S/C23H27N3O2S/c1-17-13-15-26(16-14-17)21-6-4-3-5-20(21)24-23(29)25-22(27)12-9-18-7-10-19(28-2)11-8-18/h3-12,17H,13-16H2,1-2H3,(H2,24,25,27,29)/b12-9+. The Morgan fingerprint density at radius 1 is 1.14 bits per heavy atom. The monoisotopic (exact) mass is 409 g/mol. The molecule has 29 heavy (non-hydrogen) atoms. The first kappa shape index (κ1) is 20.9. The Kier molecular flexibility index (Phi) is 7.25. The van der Waals surface area contributed by atoms with E-state index < -0.39 is 0 Å². The lowest BCUT2D eigenvalue weighted by molar-refractivity contribution is -0.115. The van der Waals surface area contributed by atoms with Crippen molar-refractivity contribution in [3.05, 3.63) is 60.2 Å². The normalized spacial score (nSPS) is 14.6. The van der Waals surface area contributed by atoms with Crippen molar-refractivity contribution in [3.8, 4) is 5.75 Å². The number of ether oxygens (including phenoxy) is 1. The summed E-state index contributed by atoms with van der Waals surface area (Å²) < 4.78 is 5.13. The number of piperidine rings is 1. The van der Waals surface area contributed by atoms with E-state index in [1.54, 1.807) is 13.2 Å². The molecule has 0 radical (unpaired) electrons. The molecule has 0 saturated carbocycles. The highest BCUT2D eigenvalue weighted by Gasteiger charge is 2.18. The van der Waals surface area contributed by atoms with Crippen LogP contribution in [-0.2, 0) is 4.79 Å². The Bertz CT molecular complexity index is 872. The fourth-order valence-electron chi connectivity index (χ4n) is 3.30. The number of hydrogen-bond acceptors (Lipinski definition) is 4. The minimum Gasteiger partial charge on any atom is -0.497 e. The largest absolute Gasteiger partial charge is 0.497 e. The van der Waals surface area contributed by atoms with Crippen LogP contribution in [0.15, 0.2) is 54.6 Å². The Morgan fingerprint density at radius 3 is 2.52 bits per heavy atom. The van der Waals surface area contributed by atoms with Gasteiger partial charge in [0, 0.05) is 19.2 Å². The summed E-state index contributed by atoms with van der Waals surface area (Å²) in [5.41, 5.74) is 2.93. The number of amides is 1. The van der Waals surface area contributed by atoms with E-state index in [1.165, 1.54) is 18.9 Å². The Morgan fingerprint density at radius 2 is 1.83 bits per heavy atom. The van der Waals surface area contributed by atoms with Crippen molar-refractivity contribution in [1.29, 1.82) is 0 Å². The number of carbonyl (C=O) groups is 1. The molecule has 2 aromatic carbocycles. The molecule has 0 aromatic heterocycles. The first-order valence-corrected chi connectivity index (χ1v) is 10.2. The summed E-state index contributed by atoms with van der Waals surface area (Å²) in [7, 11) is 1.62. The van der Waals surface area contributed by atoms with Gasteiger partial charge in [0.05, 0.1) is 18.5 Å². The minimum absolute atomic E-state index is 0.275. The van der Waals surface area contributed by atoms with Gasteiger partial charge in [-0.1, -0.05) is 31.2 Å². The van der Waals surface area contributed by atoms with Crippen LogP contribution in [0.25, 0.3) is 6.08 Å². The summed E-state index contributed by atoms with van der Waals surface area (Å²) in [6.07, 6.45) is 5.57. The van der Waals surface area contributed by atoms with E-state index in [0.717, 1.165) is 41.7 Å². The summed E-state index contributed by atoms with van der Waals surface area (Å²) in [6, 6.07) is 15.5. The van der Waals surface area contributed by atoms with E-state index >= 15 is 0 Å². The smallest absolute Gasteiger partial charge is 0.250 e. The number of anilines is 2. The van der Waals surface area contributed by atoms with E-state index in [0.29, 0.717) is 0 Å². The van der Waals surface area contributed by atoms with Gasteiger partial charge in [0.2, 0.25) is 5.91 Å². The third kappa shape index (κ3) is 6.06. The summed E-state index contributed by atoms with van der Waals surface area (Å²) >= 11 is 5.34. The molecule has 152 valence electrons. The second kappa shape index (κ2) is 10.1. The molecule has 1 aliphatic heterocycles. The molecular formula is C23H27N3O2S. The average Bonchev–Trinajstić information content (AvgIpc) is 2.73. The highest BCUT2D eigenvalue weighted by atomic mass is 32.1. The molecule has 1 saturated heterocycles. The lowest BCUT2D eigenvalue weighted by atomic mass is 9.98. The van der Waals surface area contributed by atoms with Crippen LogP contribution in [0.2, 0.25) is 0 Å². The van der Waals surface area contributed by atoms with Crippen LogP contribution >= 0.6 is 12.2 Å². The molecule has 6 heteroatoms. The van der Waals surface area contributed by atoms with Gasteiger partial charge in [0.15, 0.2) is 5.11 Å². The van der Waals surface area contributed by atoms with Crippen molar-refractivity contribution in [3.63, 3.8) is 0 Å². The van der Waals surface area contributed by atoms with Crippen molar-refractivity contribution < 1.29 is 9.53 Å². The summed E-state index contributed by atoms with van der Waals surface area (Å²) in [5.74, 6) is 1.27. The van der Waals surface area contributed by atoms with Crippen LogP contribution in [0.3, 0.4) is 0 Å². The van der Waals surface area contributed by atoms with Crippen molar-refractivity contribution in [1.82, 2.24) is 5.32 Å². The van der Waals surface area contributed by atoms with Gasteiger partial charge in [-0.2, -0.15) is 0 Å². The van der Waals surface area contributed by atoms with E-state index in [-0.39, 0.29) is 11.0 Å². The number of hydrogen-bond donors (Lipinski definition) is 2. The number of nitrogens with zero attached hydrogens (tertiary/aromatic N) is 1. The maximum atomic E-state index is 12.2. The summed E-state index contributed by atoms with van der Waals surface area (Å²) in [6.45, 7) is 4.36. The average molecular weight is 410 g/mol. The molecule has 0 unspecified atom stereocenters. The maximum Gasteiger partial charge on any atom is 0.250 e. The van der Waals surface area contributed by atoms with Crippen LogP contribution in [0.4, 0.5) is 11.4 Å². The van der Waals surface area contributed by atoms with E-state index in [1.807, 2.05) is 42.5 Å². The van der Waals surface area contributed by atoms with E-state index in [2.05, 4.69) is 28.5 Å². The lowest BCUT2D eigenvalue weighted by Gasteiger charge is -2.33. The van der Waals surface area contributed by atoms with Crippen molar-refractivity contribution in [2.45, 2.75) is 19.8 Å². The van der Waals surface area contributed by atoms with E-state index in [4.69, 9.17) is 17.0 Å². The Hall–Kier alpha value is -2.86. The fourth-order valence-corrected chi connectivity index (χ4v) is 3.51. The molecule has 1 aliphatic rings. The highest BCUT2D eigenvalue weighted by molar-refractivity contribution is 7.80. The van der Waals surface area contributed by atoms with Crippen LogP contribution in [0.5, 0.6) is 5.75 Å². The van der Waals surface area contributed by atoms with Gasteiger partial charge in [-0.15, -0.1) is 0 Å². The molecular weight excluding hydrogens is 382 g/mol. The molecule has 1 amide bonds. The molecule has 2 aromatic rings. The first-order valence-electron chi connectivity index (χ1n) is 9.83. The topological polar surface area (TPSA) is 53.6 Å². The van der Waals surface area contributed by atoms with Gasteiger partial charge in [0.1, 0.15) is 5.75 Å². The van der Waals surface area contributed by atoms with Gasteiger partial charge in [-0.3, -0.25) is 10.1 Å². The summed E-state index contributed by atoms with van der Waals surface area (Å²) in [4.78, 5) is 14.6. The minimum atomic E-state index is -0.275. The Labute approximate surface area is 177 Å². The lowest BCUT2D eigenvalue weighted by Crippen LogP contribution is -2.35. The third-order valence-electron chi connectivity index (χ3n) is 5.06. The zero-order valence-corrected chi connectivity index (χ0v) is 17.7.